The van der Waals surface area contributed by atoms with E-state index in [2.05, 4.69) is 0 Å². The monoisotopic (exact) mass is 188 g/mol. The summed E-state index contributed by atoms with van der Waals surface area (Å²) in [6.07, 6.45) is 0. The van der Waals surface area contributed by atoms with E-state index in [1.54, 1.807) is 0 Å². The highest BCUT2D eigenvalue weighted by Gasteiger charge is 2.36. The molecule has 0 saturated carbocycles. The van der Waals surface area contributed by atoms with Crippen LogP contribution >= 0.6 is 0 Å². The summed E-state index contributed by atoms with van der Waals surface area (Å²) in [7, 11) is 0. The molecule has 0 aliphatic rings. The van der Waals surface area contributed by atoms with Gasteiger partial charge in [-0.3, -0.25) is 0 Å². The summed E-state index contributed by atoms with van der Waals surface area (Å²) in [6.45, 7) is 9.63. The van der Waals surface area contributed by atoms with Gasteiger partial charge in [0.05, 0.1) is 5.60 Å². The summed E-state index contributed by atoms with van der Waals surface area (Å²) in [5.74, 6) is 0.194. The lowest BCUT2D eigenvalue weighted by atomic mass is 9.76. The average Bonchev–Trinajstić information content (AvgIpc) is 2.01. The summed E-state index contributed by atoms with van der Waals surface area (Å²) < 4.78 is 0. The molecule has 0 amide bonds. The van der Waals surface area contributed by atoms with Crippen molar-refractivity contribution in [1.82, 2.24) is 0 Å². The molecule has 0 rings (SSSR count). The van der Waals surface area contributed by atoms with Crippen molar-refractivity contribution < 1.29 is 5.11 Å². The third-order valence-corrected chi connectivity index (χ3v) is 3.28. The van der Waals surface area contributed by atoms with Gasteiger partial charge < -0.3 is 16.6 Å². The van der Waals surface area contributed by atoms with Gasteiger partial charge in [-0.25, -0.2) is 0 Å². The van der Waals surface area contributed by atoms with Gasteiger partial charge in [0.2, 0.25) is 0 Å². The average molecular weight is 188 g/mol. The van der Waals surface area contributed by atoms with E-state index in [1.165, 1.54) is 0 Å². The molecule has 3 heteroatoms. The van der Waals surface area contributed by atoms with E-state index in [0.29, 0.717) is 0 Å². The zero-order valence-electron chi connectivity index (χ0n) is 9.41. The highest BCUT2D eigenvalue weighted by Crippen LogP contribution is 2.27. The molecule has 0 fully saturated rings. The molecule has 0 saturated heterocycles. The molecule has 0 aliphatic carbocycles. The molecule has 0 aromatic carbocycles. The summed E-state index contributed by atoms with van der Waals surface area (Å²) in [4.78, 5) is 0. The normalized spacial score (nSPS) is 23.8. The van der Waals surface area contributed by atoms with Crippen LogP contribution in [0.15, 0.2) is 0 Å². The van der Waals surface area contributed by atoms with Crippen molar-refractivity contribution in [3.8, 4) is 0 Å². The van der Waals surface area contributed by atoms with E-state index >= 15 is 0 Å². The van der Waals surface area contributed by atoms with Gasteiger partial charge in [-0.05, 0) is 19.8 Å². The first-order valence-electron chi connectivity index (χ1n) is 4.94. The zero-order valence-corrected chi connectivity index (χ0v) is 9.41. The van der Waals surface area contributed by atoms with Gasteiger partial charge in [0, 0.05) is 18.0 Å². The maximum Gasteiger partial charge on any atom is 0.0683 e. The predicted molar refractivity (Wildman–Crippen MR) is 56.3 cm³/mol. The van der Waals surface area contributed by atoms with E-state index in [4.69, 9.17) is 11.5 Å². The maximum atomic E-state index is 10.1. The molecular weight excluding hydrogens is 164 g/mol. The summed E-state index contributed by atoms with van der Waals surface area (Å²) in [6, 6.07) is -0.238. The van der Waals surface area contributed by atoms with E-state index < -0.39 is 5.60 Å². The lowest BCUT2D eigenvalue weighted by molar-refractivity contribution is -0.0460. The highest BCUT2D eigenvalue weighted by molar-refractivity contribution is 4.91. The van der Waals surface area contributed by atoms with Crippen LogP contribution in [0.5, 0.6) is 0 Å². The standard InChI is InChI=1S/C10H24N2O/c1-6(2)10(5,13)7(3)9(12)8(4)11/h6-9,13H,11-12H2,1-5H3. The molecule has 0 spiro atoms. The van der Waals surface area contributed by atoms with Gasteiger partial charge in [-0.2, -0.15) is 0 Å². The van der Waals surface area contributed by atoms with Gasteiger partial charge in [0.25, 0.3) is 0 Å². The molecule has 0 aliphatic heterocycles. The Bertz CT molecular complexity index is 155. The summed E-state index contributed by atoms with van der Waals surface area (Å²) in [5.41, 5.74) is 10.9. The first-order valence-corrected chi connectivity index (χ1v) is 4.94. The van der Waals surface area contributed by atoms with Gasteiger partial charge in [0.1, 0.15) is 0 Å². The third-order valence-electron chi connectivity index (χ3n) is 3.28. The van der Waals surface area contributed by atoms with Crippen LogP contribution in [-0.2, 0) is 0 Å². The molecule has 0 aromatic heterocycles. The van der Waals surface area contributed by atoms with Crippen LogP contribution in [-0.4, -0.2) is 22.8 Å². The topological polar surface area (TPSA) is 72.3 Å². The van der Waals surface area contributed by atoms with Crippen LogP contribution in [0.4, 0.5) is 0 Å². The van der Waals surface area contributed by atoms with Crippen LogP contribution in [0.25, 0.3) is 0 Å². The van der Waals surface area contributed by atoms with E-state index in [9.17, 15) is 5.11 Å². The first kappa shape index (κ1) is 12.9. The molecule has 0 radical (unpaired) electrons. The van der Waals surface area contributed by atoms with E-state index in [1.807, 2.05) is 34.6 Å². The molecule has 5 N–H and O–H groups in total. The molecule has 0 bridgehead atoms. The van der Waals surface area contributed by atoms with Gasteiger partial charge in [0.15, 0.2) is 0 Å². The van der Waals surface area contributed by atoms with Crippen molar-refractivity contribution in [2.24, 2.45) is 23.3 Å². The van der Waals surface area contributed by atoms with Crippen molar-refractivity contribution in [2.45, 2.75) is 52.3 Å². The SMILES string of the molecule is CC(N)C(N)C(C)C(C)(O)C(C)C. The first-order chi connectivity index (χ1) is 5.71. The molecule has 4 atom stereocenters. The van der Waals surface area contributed by atoms with Crippen molar-refractivity contribution in [1.29, 1.82) is 0 Å². The summed E-state index contributed by atoms with van der Waals surface area (Å²) in [5, 5.41) is 10.1. The Hall–Kier alpha value is -0.120. The molecular formula is C10H24N2O. The van der Waals surface area contributed by atoms with Crippen LogP contribution in [0.3, 0.4) is 0 Å². The molecule has 0 aromatic rings. The molecule has 4 unspecified atom stereocenters. The smallest absolute Gasteiger partial charge is 0.0683 e. The molecule has 3 nitrogen and oxygen atoms in total. The number of aliphatic hydroxyl groups is 1. The number of hydrogen-bond donors (Lipinski definition) is 3. The number of hydrogen-bond acceptors (Lipinski definition) is 3. The van der Waals surface area contributed by atoms with Crippen LogP contribution < -0.4 is 11.5 Å². The molecule has 0 heterocycles. The second-order valence-corrected chi connectivity index (χ2v) is 4.61. The molecule has 80 valence electrons. The van der Waals surface area contributed by atoms with E-state index in [0.717, 1.165) is 0 Å². The zero-order chi connectivity index (χ0) is 10.8. The second-order valence-electron chi connectivity index (χ2n) is 4.61. The second kappa shape index (κ2) is 4.40. The largest absolute Gasteiger partial charge is 0.390 e. The predicted octanol–water partition coefficient (Wildman–Crippen LogP) is 0.704. The molecule has 13 heavy (non-hydrogen) atoms. The minimum absolute atomic E-state index is 0.00694. The maximum absolute atomic E-state index is 10.1. The number of nitrogens with two attached hydrogens (primary N) is 2. The third kappa shape index (κ3) is 2.93. The Morgan fingerprint density at radius 3 is 1.69 bits per heavy atom. The van der Waals surface area contributed by atoms with Crippen molar-refractivity contribution in [3.05, 3.63) is 0 Å². The van der Waals surface area contributed by atoms with Crippen molar-refractivity contribution in [3.63, 3.8) is 0 Å². The Morgan fingerprint density at radius 2 is 1.46 bits per heavy atom. The lowest BCUT2D eigenvalue weighted by Gasteiger charge is -2.38. The van der Waals surface area contributed by atoms with E-state index in [-0.39, 0.29) is 23.9 Å². The van der Waals surface area contributed by atoms with Crippen molar-refractivity contribution in [2.75, 3.05) is 0 Å². The Labute approximate surface area is 81.5 Å². The Balaban J connectivity index is 4.48. The quantitative estimate of drug-likeness (QED) is 0.608. The van der Waals surface area contributed by atoms with Crippen molar-refractivity contribution >= 4 is 0 Å². The Morgan fingerprint density at radius 1 is 1.08 bits per heavy atom. The minimum atomic E-state index is -0.743. The Kier molecular flexibility index (Phi) is 4.36. The minimum Gasteiger partial charge on any atom is -0.390 e. The highest BCUT2D eigenvalue weighted by atomic mass is 16.3. The van der Waals surface area contributed by atoms with Crippen LogP contribution in [0, 0.1) is 11.8 Å². The van der Waals surface area contributed by atoms with Gasteiger partial charge in [-0.15, -0.1) is 0 Å². The fraction of sp³-hybridized carbons (Fsp3) is 1.00. The fourth-order valence-corrected chi connectivity index (χ4v) is 1.37. The van der Waals surface area contributed by atoms with Crippen LogP contribution in [0.1, 0.15) is 34.6 Å². The van der Waals surface area contributed by atoms with Gasteiger partial charge in [-0.1, -0.05) is 20.8 Å². The number of rotatable bonds is 4. The van der Waals surface area contributed by atoms with Gasteiger partial charge >= 0.3 is 0 Å². The van der Waals surface area contributed by atoms with Crippen LogP contribution in [0.2, 0.25) is 0 Å². The lowest BCUT2D eigenvalue weighted by Crippen LogP contribution is -2.53. The summed E-state index contributed by atoms with van der Waals surface area (Å²) >= 11 is 0. The fourth-order valence-electron chi connectivity index (χ4n) is 1.37.